The monoisotopic (exact) mass is 327 g/mol. The van der Waals surface area contributed by atoms with E-state index < -0.39 is 0 Å². The van der Waals surface area contributed by atoms with E-state index in [-0.39, 0.29) is 6.03 Å². The topological polar surface area (TPSA) is 35.6 Å². The van der Waals surface area contributed by atoms with E-state index in [0.717, 1.165) is 32.5 Å². The highest BCUT2D eigenvalue weighted by molar-refractivity contribution is 5.75. The summed E-state index contributed by atoms with van der Waals surface area (Å²) in [6.07, 6.45) is 8.32. The highest BCUT2D eigenvalue weighted by Crippen LogP contribution is 2.35. The summed E-state index contributed by atoms with van der Waals surface area (Å²) in [5.41, 5.74) is 1.40. The Balaban J connectivity index is 1.24. The van der Waals surface area contributed by atoms with Crippen molar-refractivity contribution in [2.24, 2.45) is 0 Å². The van der Waals surface area contributed by atoms with Crippen LogP contribution in [0.15, 0.2) is 30.3 Å². The lowest BCUT2D eigenvalue weighted by Crippen LogP contribution is -2.52. The first-order chi connectivity index (χ1) is 11.8. The Hall–Kier alpha value is -1.55. The number of urea groups is 1. The molecule has 0 saturated carbocycles. The molecule has 1 aromatic carbocycles. The second-order valence-corrected chi connectivity index (χ2v) is 7.69. The standard InChI is InChI=1S/C20H29N3O/c24-20(23-18-7-4-8-19(23)10-9-18)21-17-12-14-22(15-17)13-11-16-5-2-1-3-6-16/h1-3,5-6,17-19H,4,7-15H2,(H,21,24)/t17?,18-,19?/m0/s1. The third-order valence-corrected chi connectivity index (χ3v) is 6.09. The van der Waals surface area contributed by atoms with Gasteiger partial charge < -0.3 is 15.1 Å². The van der Waals surface area contributed by atoms with Gasteiger partial charge in [-0.15, -0.1) is 0 Å². The summed E-state index contributed by atoms with van der Waals surface area (Å²) in [6.45, 7) is 3.19. The van der Waals surface area contributed by atoms with E-state index in [0.29, 0.717) is 18.1 Å². The lowest BCUT2D eigenvalue weighted by atomic mass is 10.0. The minimum absolute atomic E-state index is 0.206. The first kappa shape index (κ1) is 15.9. The molecule has 3 atom stereocenters. The summed E-state index contributed by atoms with van der Waals surface area (Å²) < 4.78 is 0. The summed E-state index contributed by atoms with van der Waals surface area (Å²) in [4.78, 5) is 17.4. The number of fused-ring (bicyclic) bond motifs is 2. The summed E-state index contributed by atoms with van der Waals surface area (Å²) >= 11 is 0. The number of hydrogen-bond acceptors (Lipinski definition) is 2. The van der Waals surface area contributed by atoms with Gasteiger partial charge in [-0.05, 0) is 50.5 Å². The molecular formula is C20H29N3O. The van der Waals surface area contributed by atoms with Gasteiger partial charge in [0.15, 0.2) is 0 Å². The van der Waals surface area contributed by atoms with Crippen molar-refractivity contribution in [3.63, 3.8) is 0 Å². The van der Waals surface area contributed by atoms with E-state index in [4.69, 9.17) is 0 Å². The van der Waals surface area contributed by atoms with E-state index in [9.17, 15) is 4.79 Å². The van der Waals surface area contributed by atoms with Gasteiger partial charge in [-0.2, -0.15) is 0 Å². The van der Waals surface area contributed by atoms with Crippen LogP contribution in [0.25, 0.3) is 0 Å². The highest BCUT2D eigenvalue weighted by Gasteiger charge is 2.40. The molecule has 2 amide bonds. The van der Waals surface area contributed by atoms with Crippen LogP contribution in [0.1, 0.15) is 44.1 Å². The van der Waals surface area contributed by atoms with Crippen LogP contribution in [0.2, 0.25) is 0 Å². The fourth-order valence-corrected chi connectivity index (χ4v) is 4.78. The highest BCUT2D eigenvalue weighted by atomic mass is 16.2. The molecule has 3 aliphatic rings. The van der Waals surface area contributed by atoms with Gasteiger partial charge in [0.1, 0.15) is 0 Å². The van der Waals surface area contributed by atoms with Crippen molar-refractivity contribution in [1.82, 2.24) is 15.1 Å². The van der Waals surface area contributed by atoms with E-state index >= 15 is 0 Å². The summed E-state index contributed by atoms with van der Waals surface area (Å²) in [5.74, 6) is 0. The number of nitrogens with zero attached hydrogens (tertiary/aromatic N) is 2. The largest absolute Gasteiger partial charge is 0.334 e. The molecule has 3 heterocycles. The van der Waals surface area contributed by atoms with Crippen LogP contribution < -0.4 is 5.32 Å². The SMILES string of the molecule is O=C(NC1CCN(CCc2ccccc2)C1)N1C2CCC[C@H]1CC2. The van der Waals surface area contributed by atoms with Gasteiger partial charge in [0.2, 0.25) is 0 Å². The Morgan fingerprint density at radius 1 is 1.04 bits per heavy atom. The van der Waals surface area contributed by atoms with Crippen molar-refractivity contribution in [1.29, 1.82) is 0 Å². The molecule has 1 N–H and O–H groups in total. The maximum absolute atomic E-state index is 12.7. The molecular weight excluding hydrogens is 298 g/mol. The zero-order valence-corrected chi connectivity index (χ0v) is 14.5. The van der Waals surface area contributed by atoms with Gasteiger partial charge in [0, 0.05) is 37.8 Å². The summed E-state index contributed by atoms with van der Waals surface area (Å²) in [5, 5.41) is 3.32. The molecule has 0 aromatic heterocycles. The van der Waals surface area contributed by atoms with Crippen LogP contribution in [0.3, 0.4) is 0 Å². The minimum Gasteiger partial charge on any atom is -0.334 e. The molecule has 0 aliphatic carbocycles. The number of carbonyl (C=O) groups excluding carboxylic acids is 1. The number of hydrogen-bond donors (Lipinski definition) is 1. The molecule has 3 fully saturated rings. The second-order valence-electron chi connectivity index (χ2n) is 7.69. The maximum Gasteiger partial charge on any atom is 0.318 e. The number of amides is 2. The molecule has 1 aromatic rings. The Morgan fingerprint density at radius 2 is 1.79 bits per heavy atom. The Morgan fingerprint density at radius 3 is 2.54 bits per heavy atom. The predicted octanol–water partition coefficient (Wildman–Crippen LogP) is 3.03. The number of carbonyl (C=O) groups is 1. The normalized spacial score (nSPS) is 29.8. The number of nitrogens with one attached hydrogen (secondary N) is 1. The average Bonchev–Trinajstić information content (AvgIpc) is 3.15. The van der Waals surface area contributed by atoms with E-state index in [1.54, 1.807) is 0 Å². The van der Waals surface area contributed by atoms with Crippen molar-refractivity contribution in [2.45, 2.75) is 63.1 Å². The molecule has 2 unspecified atom stereocenters. The molecule has 0 radical (unpaired) electrons. The summed E-state index contributed by atoms with van der Waals surface area (Å²) in [7, 11) is 0. The van der Waals surface area contributed by atoms with Gasteiger partial charge in [0.05, 0.1) is 0 Å². The van der Waals surface area contributed by atoms with Crippen LogP contribution in [-0.2, 0) is 6.42 Å². The Labute approximate surface area is 145 Å². The van der Waals surface area contributed by atoms with Gasteiger partial charge in [-0.3, -0.25) is 0 Å². The number of likely N-dealkylation sites (tertiary alicyclic amines) is 1. The van der Waals surface area contributed by atoms with E-state index in [2.05, 4.69) is 45.4 Å². The Bertz CT molecular complexity index is 545. The van der Waals surface area contributed by atoms with E-state index in [1.807, 2.05) is 0 Å². The third-order valence-electron chi connectivity index (χ3n) is 6.09. The van der Waals surface area contributed by atoms with Crippen molar-refractivity contribution < 1.29 is 4.79 Å². The average molecular weight is 327 g/mol. The number of piperidine rings is 1. The van der Waals surface area contributed by atoms with Crippen molar-refractivity contribution in [3.05, 3.63) is 35.9 Å². The maximum atomic E-state index is 12.7. The molecule has 3 saturated heterocycles. The van der Waals surface area contributed by atoms with Gasteiger partial charge in [-0.25, -0.2) is 4.79 Å². The molecule has 2 bridgehead atoms. The third kappa shape index (κ3) is 3.44. The zero-order valence-electron chi connectivity index (χ0n) is 14.5. The summed E-state index contributed by atoms with van der Waals surface area (Å²) in [6, 6.07) is 12.2. The van der Waals surface area contributed by atoms with Crippen molar-refractivity contribution in [3.8, 4) is 0 Å². The first-order valence-corrected chi connectivity index (χ1v) is 9.65. The first-order valence-electron chi connectivity index (χ1n) is 9.65. The van der Waals surface area contributed by atoms with Crippen molar-refractivity contribution >= 4 is 6.03 Å². The molecule has 4 rings (SSSR count). The second kappa shape index (κ2) is 7.14. The van der Waals surface area contributed by atoms with Gasteiger partial charge in [-0.1, -0.05) is 30.3 Å². The fraction of sp³-hybridized carbons (Fsp3) is 0.650. The zero-order chi connectivity index (χ0) is 16.4. The van der Waals surface area contributed by atoms with Crippen LogP contribution in [0.4, 0.5) is 4.79 Å². The van der Waals surface area contributed by atoms with Crippen LogP contribution in [0, 0.1) is 0 Å². The quantitative estimate of drug-likeness (QED) is 0.923. The van der Waals surface area contributed by atoms with E-state index in [1.165, 1.54) is 37.7 Å². The molecule has 3 aliphatic heterocycles. The number of rotatable bonds is 4. The Kier molecular flexibility index (Phi) is 4.74. The van der Waals surface area contributed by atoms with Crippen LogP contribution >= 0.6 is 0 Å². The molecule has 130 valence electrons. The molecule has 4 nitrogen and oxygen atoms in total. The molecule has 24 heavy (non-hydrogen) atoms. The lowest BCUT2D eigenvalue weighted by Gasteiger charge is -2.35. The van der Waals surface area contributed by atoms with Crippen molar-refractivity contribution in [2.75, 3.05) is 19.6 Å². The molecule has 4 heteroatoms. The fourth-order valence-electron chi connectivity index (χ4n) is 4.78. The van der Waals surface area contributed by atoms with Crippen LogP contribution in [-0.4, -0.2) is 53.6 Å². The number of benzene rings is 1. The van der Waals surface area contributed by atoms with Gasteiger partial charge in [0.25, 0.3) is 0 Å². The molecule has 0 spiro atoms. The smallest absolute Gasteiger partial charge is 0.318 e. The lowest BCUT2D eigenvalue weighted by molar-refractivity contribution is 0.144. The van der Waals surface area contributed by atoms with Gasteiger partial charge >= 0.3 is 6.03 Å². The van der Waals surface area contributed by atoms with Crippen LogP contribution in [0.5, 0.6) is 0 Å². The minimum atomic E-state index is 0.206. The predicted molar refractivity (Wildman–Crippen MR) is 96.0 cm³/mol.